The lowest BCUT2D eigenvalue weighted by molar-refractivity contribution is -0.138. The normalized spacial score (nSPS) is 17.1. The summed E-state index contributed by atoms with van der Waals surface area (Å²) in [5.41, 5.74) is -0.164. The molecule has 0 bridgehead atoms. The van der Waals surface area contributed by atoms with Crippen molar-refractivity contribution in [3.05, 3.63) is 22.7 Å². The van der Waals surface area contributed by atoms with Crippen molar-refractivity contribution in [1.82, 2.24) is 9.97 Å². The van der Waals surface area contributed by atoms with Gasteiger partial charge in [-0.05, 0) is 18.8 Å². The number of rotatable bonds is 3. The molecule has 1 aromatic rings. The number of aliphatic carboxylic acids is 1. The van der Waals surface area contributed by atoms with E-state index in [2.05, 4.69) is 9.97 Å². The van der Waals surface area contributed by atoms with Crippen LogP contribution in [0.5, 0.6) is 0 Å². The molecule has 0 atom stereocenters. The number of aromatic nitrogens is 2. The van der Waals surface area contributed by atoms with Crippen molar-refractivity contribution in [3.63, 3.8) is 0 Å². The molecule has 0 aromatic carbocycles. The van der Waals surface area contributed by atoms with E-state index < -0.39 is 5.97 Å². The molecule has 0 saturated carbocycles. The van der Waals surface area contributed by atoms with E-state index in [0.29, 0.717) is 5.82 Å². The van der Waals surface area contributed by atoms with Gasteiger partial charge in [-0.25, -0.2) is 4.98 Å². The summed E-state index contributed by atoms with van der Waals surface area (Å²) in [6.07, 6.45) is 3.29. The van der Waals surface area contributed by atoms with Crippen molar-refractivity contribution in [1.29, 1.82) is 0 Å². The van der Waals surface area contributed by atoms with Gasteiger partial charge in [0.05, 0.1) is 6.33 Å². The maximum absolute atomic E-state index is 11.1. The van der Waals surface area contributed by atoms with Crippen molar-refractivity contribution in [2.24, 2.45) is 5.92 Å². The molecule has 1 aromatic heterocycles. The molecule has 1 fully saturated rings. The average molecular weight is 237 g/mol. The van der Waals surface area contributed by atoms with E-state index >= 15 is 0 Å². The number of carbonyl (C=O) groups is 1. The van der Waals surface area contributed by atoms with Gasteiger partial charge in [0.1, 0.15) is 5.82 Å². The van der Waals surface area contributed by atoms with Gasteiger partial charge in [0.2, 0.25) is 0 Å². The molecule has 1 aliphatic heterocycles. The summed E-state index contributed by atoms with van der Waals surface area (Å²) in [6.45, 7) is 1.52. The second-order valence-corrected chi connectivity index (χ2v) is 4.30. The van der Waals surface area contributed by atoms with Crippen molar-refractivity contribution >= 4 is 11.8 Å². The Balaban J connectivity index is 1.95. The average Bonchev–Trinajstić information content (AvgIpc) is 2.29. The minimum Gasteiger partial charge on any atom is -0.481 e. The van der Waals surface area contributed by atoms with E-state index in [-0.39, 0.29) is 17.9 Å². The molecule has 2 rings (SSSR count). The molecule has 6 heteroatoms. The van der Waals surface area contributed by atoms with Crippen molar-refractivity contribution in [3.8, 4) is 0 Å². The summed E-state index contributed by atoms with van der Waals surface area (Å²) in [5.74, 6) is 0.172. The SMILES string of the molecule is O=C(O)CC1CCN(c2cc(=O)[nH]cn2)CC1. The molecule has 0 spiro atoms. The quantitative estimate of drug-likeness (QED) is 0.797. The molecule has 0 unspecified atom stereocenters. The minimum absolute atomic E-state index is 0.164. The van der Waals surface area contributed by atoms with E-state index in [0.717, 1.165) is 25.9 Å². The first-order valence-corrected chi connectivity index (χ1v) is 5.66. The van der Waals surface area contributed by atoms with Crippen LogP contribution in [0.4, 0.5) is 5.82 Å². The summed E-state index contributed by atoms with van der Waals surface area (Å²) in [5, 5.41) is 8.71. The number of hydrogen-bond donors (Lipinski definition) is 2. The van der Waals surface area contributed by atoms with Crippen LogP contribution in [0.1, 0.15) is 19.3 Å². The van der Waals surface area contributed by atoms with Crippen LogP contribution in [0.25, 0.3) is 0 Å². The molecular weight excluding hydrogens is 222 g/mol. The molecule has 1 saturated heterocycles. The van der Waals surface area contributed by atoms with Gasteiger partial charge in [0, 0.05) is 25.6 Å². The third-order valence-electron chi connectivity index (χ3n) is 3.07. The molecular formula is C11H15N3O3. The second kappa shape index (κ2) is 4.99. The van der Waals surface area contributed by atoms with Crippen molar-refractivity contribution < 1.29 is 9.90 Å². The fraction of sp³-hybridized carbons (Fsp3) is 0.545. The first kappa shape index (κ1) is 11.6. The van der Waals surface area contributed by atoms with Gasteiger partial charge in [-0.15, -0.1) is 0 Å². The van der Waals surface area contributed by atoms with Crippen molar-refractivity contribution in [2.45, 2.75) is 19.3 Å². The number of hydrogen-bond acceptors (Lipinski definition) is 4. The van der Waals surface area contributed by atoms with Gasteiger partial charge in [-0.2, -0.15) is 0 Å². The molecule has 0 amide bonds. The van der Waals surface area contributed by atoms with E-state index in [1.54, 1.807) is 0 Å². The van der Waals surface area contributed by atoms with E-state index in [1.165, 1.54) is 12.4 Å². The van der Waals surface area contributed by atoms with Crippen LogP contribution in [0.15, 0.2) is 17.2 Å². The molecule has 1 aliphatic rings. The molecule has 0 radical (unpaired) electrons. The number of nitrogens with one attached hydrogen (secondary N) is 1. The van der Waals surface area contributed by atoms with Crippen LogP contribution in [-0.2, 0) is 4.79 Å². The highest BCUT2D eigenvalue weighted by atomic mass is 16.4. The smallest absolute Gasteiger partial charge is 0.303 e. The standard InChI is InChI=1S/C11H15N3O3/c15-10-6-9(12-7-13-10)14-3-1-8(2-4-14)5-11(16)17/h6-8H,1-5H2,(H,16,17)(H,12,13,15). The lowest BCUT2D eigenvalue weighted by atomic mass is 9.94. The van der Waals surface area contributed by atoms with Crippen LogP contribution in [0.3, 0.4) is 0 Å². The van der Waals surface area contributed by atoms with E-state index in [1.807, 2.05) is 4.90 Å². The van der Waals surface area contributed by atoms with Crippen LogP contribution in [0, 0.1) is 5.92 Å². The lowest BCUT2D eigenvalue weighted by Gasteiger charge is -2.31. The summed E-state index contributed by atoms with van der Waals surface area (Å²) in [6, 6.07) is 1.47. The Labute approximate surface area is 98.3 Å². The number of aromatic amines is 1. The third kappa shape index (κ3) is 3.05. The number of H-pyrrole nitrogens is 1. The Hall–Kier alpha value is -1.85. The number of piperidine rings is 1. The van der Waals surface area contributed by atoms with Gasteiger partial charge in [-0.3, -0.25) is 9.59 Å². The van der Waals surface area contributed by atoms with Gasteiger partial charge in [-0.1, -0.05) is 0 Å². The molecule has 6 nitrogen and oxygen atoms in total. The highest BCUT2D eigenvalue weighted by Gasteiger charge is 2.22. The topological polar surface area (TPSA) is 86.3 Å². The monoisotopic (exact) mass is 237 g/mol. The third-order valence-corrected chi connectivity index (χ3v) is 3.07. The summed E-state index contributed by atoms with van der Waals surface area (Å²) < 4.78 is 0. The molecule has 2 N–H and O–H groups in total. The minimum atomic E-state index is -0.738. The fourth-order valence-corrected chi connectivity index (χ4v) is 2.14. The molecule has 92 valence electrons. The molecule has 17 heavy (non-hydrogen) atoms. The zero-order valence-corrected chi connectivity index (χ0v) is 9.43. The first-order valence-electron chi connectivity index (χ1n) is 5.66. The Kier molecular flexibility index (Phi) is 3.41. The van der Waals surface area contributed by atoms with Crippen LogP contribution in [-0.4, -0.2) is 34.1 Å². The Bertz CT molecular complexity index is 449. The predicted molar refractivity (Wildman–Crippen MR) is 62.0 cm³/mol. The van der Waals surface area contributed by atoms with Gasteiger partial charge < -0.3 is 15.0 Å². The predicted octanol–water partition coefficient (Wildman–Crippen LogP) is 0.461. The molecule has 2 heterocycles. The van der Waals surface area contributed by atoms with E-state index in [4.69, 9.17) is 5.11 Å². The Morgan fingerprint density at radius 2 is 2.24 bits per heavy atom. The highest BCUT2D eigenvalue weighted by molar-refractivity contribution is 5.67. The largest absolute Gasteiger partial charge is 0.481 e. The lowest BCUT2D eigenvalue weighted by Crippen LogP contribution is -2.35. The van der Waals surface area contributed by atoms with Crippen molar-refractivity contribution in [2.75, 3.05) is 18.0 Å². The van der Waals surface area contributed by atoms with Gasteiger partial charge >= 0.3 is 5.97 Å². The highest BCUT2D eigenvalue weighted by Crippen LogP contribution is 2.22. The zero-order valence-electron chi connectivity index (χ0n) is 9.43. The van der Waals surface area contributed by atoms with E-state index in [9.17, 15) is 9.59 Å². The maximum atomic E-state index is 11.1. The Morgan fingerprint density at radius 3 is 2.82 bits per heavy atom. The second-order valence-electron chi connectivity index (χ2n) is 4.30. The van der Waals surface area contributed by atoms with Crippen LogP contribution < -0.4 is 10.5 Å². The van der Waals surface area contributed by atoms with Crippen LogP contribution >= 0.6 is 0 Å². The van der Waals surface area contributed by atoms with Crippen LogP contribution in [0.2, 0.25) is 0 Å². The van der Waals surface area contributed by atoms with Gasteiger partial charge in [0.15, 0.2) is 0 Å². The zero-order chi connectivity index (χ0) is 12.3. The number of anilines is 1. The number of carboxylic acids is 1. The maximum Gasteiger partial charge on any atom is 0.303 e. The summed E-state index contributed by atoms with van der Waals surface area (Å²) >= 11 is 0. The number of carboxylic acid groups (broad SMARTS) is 1. The fourth-order valence-electron chi connectivity index (χ4n) is 2.14. The summed E-state index contributed by atoms with van der Waals surface area (Å²) in [4.78, 5) is 30.3. The summed E-state index contributed by atoms with van der Waals surface area (Å²) in [7, 11) is 0. The Morgan fingerprint density at radius 1 is 1.53 bits per heavy atom. The van der Waals surface area contributed by atoms with Gasteiger partial charge in [0.25, 0.3) is 5.56 Å². The number of nitrogens with zero attached hydrogens (tertiary/aromatic N) is 2. The first-order chi connectivity index (χ1) is 8.15. The molecule has 0 aliphatic carbocycles.